The number of carbonyl (C=O) groups excluding carboxylic acids is 7. The highest BCUT2D eigenvalue weighted by molar-refractivity contribution is 6.00. The molecule has 2 saturated carbocycles. The van der Waals surface area contributed by atoms with Gasteiger partial charge in [0.2, 0.25) is 17.8 Å². The highest BCUT2D eigenvalue weighted by Crippen LogP contribution is 2.70. The van der Waals surface area contributed by atoms with Crippen molar-refractivity contribution in [2.45, 2.75) is 118 Å². The number of aliphatic hydroxyl groups is 1. The average Bonchev–Trinajstić information content (AvgIpc) is 3.61. The predicted molar refractivity (Wildman–Crippen MR) is 179 cm³/mol. The van der Waals surface area contributed by atoms with Crippen LogP contribution in [-0.2, 0) is 62.0 Å². The quantitative estimate of drug-likeness (QED) is 0.218. The smallest absolute Gasteiger partial charge is 0.352 e. The lowest BCUT2D eigenvalue weighted by atomic mass is 9.38. The van der Waals surface area contributed by atoms with Crippen LogP contribution >= 0.6 is 0 Å². The van der Waals surface area contributed by atoms with E-state index < -0.39 is 112 Å². The van der Waals surface area contributed by atoms with Crippen LogP contribution in [0.25, 0.3) is 0 Å². The zero-order valence-electron chi connectivity index (χ0n) is 31.6. The van der Waals surface area contributed by atoms with Crippen molar-refractivity contribution in [3.63, 3.8) is 0 Å². The number of hydrogen-bond acceptors (Lipinski definition) is 15. The van der Waals surface area contributed by atoms with Crippen LogP contribution < -0.4 is 0 Å². The molecule has 290 valence electrons. The van der Waals surface area contributed by atoms with Crippen molar-refractivity contribution in [2.24, 2.45) is 34.0 Å². The van der Waals surface area contributed by atoms with E-state index in [-0.39, 0.29) is 24.0 Å². The summed E-state index contributed by atoms with van der Waals surface area (Å²) in [6, 6.07) is 1.60. The largest absolute Gasteiger partial charge is 0.472 e. The Labute approximate surface area is 307 Å². The van der Waals surface area contributed by atoms with Crippen molar-refractivity contribution in [1.82, 2.24) is 0 Å². The lowest BCUT2D eigenvalue weighted by Gasteiger charge is -2.67. The van der Waals surface area contributed by atoms with Crippen LogP contribution in [-0.4, -0.2) is 83.8 Å². The van der Waals surface area contributed by atoms with Gasteiger partial charge in [-0.25, -0.2) is 9.59 Å². The molecule has 11 atom stereocenters. The first-order valence-electron chi connectivity index (χ1n) is 17.7. The van der Waals surface area contributed by atoms with Gasteiger partial charge in [0.05, 0.1) is 25.6 Å². The molecule has 2 heterocycles. The highest BCUT2D eigenvalue weighted by Gasteiger charge is 2.80. The number of ketones is 1. The topological polar surface area (TPSA) is 208 Å². The number of cyclic esters (lactones) is 1. The number of fused-ring (bicyclic) bond motifs is 5. The number of esters is 6. The Bertz CT molecular complexity index is 1740. The molecular weight excluding hydrogens is 696 g/mol. The van der Waals surface area contributed by atoms with Gasteiger partial charge in [0, 0.05) is 48.5 Å². The van der Waals surface area contributed by atoms with E-state index in [0.29, 0.717) is 12.0 Å². The van der Waals surface area contributed by atoms with Crippen LogP contribution in [0.1, 0.15) is 93.2 Å². The molecule has 1 aromatic rings. The van der Waals surface area contributed by atoms with E-state index in [4.69, 9.17) is 32.8 Å². The van der Waals surface area contributed by atoms with Gasteiger partial charge >= 0.3 is 35.8 Å². The number of rotatable bonds is 9. The maximum atomic E-state index is 15.4. The minimum atomic E-state index is -2.86. The van der Waals surface area contributed by atoms with Crippen molar-refractivity contribution < 1.29 is 71.5 Å². The molecule has 0 radical (unpaired) electrons. The number of hydrogen-bond donors (Lipinski definition) is 1. The fourth-order valence-electron chi connectivity index (χ4n) is 9.76. The van der Waals surface area contributed by atoms with Gasteiger partial charge in [-0.3, -0.25) is 24.0 Å². The summed E-state index contributed by atoms with van der Waals surface area (Å²) < 4.78 is 39.7. The van der Waals surface area contributed by atoms with Gasteiger partial charge in [-0.15, -0.1) is 0 Å². The van der Waals surface area contributed by atoms with E-state index >= 15 is 4.79 Å². The summed E-state index contributed by atoms with van der Waals surface area (Å²) in [4.78, 5) is 95.0. The molecule has 1 saturated heterocycles. The second kappa shape index (κ2) is 13.7. The first-order chi connectivity index (χ1) is 24.6. The Hall–Kier alpha value is -4.53. The minimum absolute atomic E-state index is 0.0616. The average molecular weight is 745 g/mol. The van der Waals surface area contributed by atoms with Crippen molar-refractivity contribution >= 4 is 41.6 Å². The number of furan rings is 1. The molecule has 4 aliphatic rings. The van der Waals surface area contributed by atoms with Gasteiger partial charge in [-0.2, -0.15) is 0 Å². The third kappa shape index (κ3) is 5.95. The molecule has 2 bridgehead atoms. The maximum absolute atomic E-state index is 15.4. The SMILES string of the molecule is CCC(C)C(=O)OC1C(C)(C)C(C(OC(C)=O)C(=O)OC)C2(C)C(=O)C1(O)C(OC(C)=O)C1=C3C(OC(C)=O)C(=O)OC(c4ccoc4)C3(C)CCC12. The maximum Gasteiger partial charge on any atom is 0.352 e. The fourth-order valence-corrected chi connectivity index (χ4v) is 9.76. The second-order valence-corrected chi connectivity index (χ2v) is 15.6. The molecule has 15 nitrogen and oxygen atoms in total. The number of carbonyl (C=O) groups is 7. The van der Waals surface area contributed by atoms with Crippen molar-refractivity contribution in [3.8, 4) is 0 Å². The summed E-state index contributed by atoms with van der Waals surface area (Å²) in [6.07, 6.45) is -4.86. The molecule has 3 fully saturated rings. The highest BCUT2D eigenvalue weighted by atomic mass is 16.6. The summed E-state index contributed by atoms with van der Waals surface area (Å²) in [5.41, 5.74) is -6.92. The van der Waals surface area contributed by atoms with E-state index in [0.717, 1.165) is 27.9 Å². The van der Waals surface area contributed by atoms with Gasteiger partial charge in [-0.05, 0) is 42.4 Å². The second-order valence-electron chi connectivity index (χ2n) is 15.6. The number of Topliss-reactive ketones (excluding diaryl/α,β-unsaturated/α-hetero) is 1. The van der Waals surface area contributed by atoms with E-state index in [1.54, 1.807) is 40.7 Å². The van der Waals surface area contributed by atoms with E-state index in [9.17, 15) is 33.9 Å². The molecule has 1 aromatic heterocycles. The van der Waals surface area contributed by atoms with Crippen molar-refractivity contribution in [2.75, 3.05) is 7.11 Å². The first kappa shape index (κ1) is 39.7. The van der Waals surface area contributed by atoms with Gasteiger partial charge in [0.1, 0.15) is 12.2 Å². The Balaban J connectivity index is 1.95. The monoisotopic (exact) mass is 744 g/mol. The summed E-state index contributed by atoms with van der Waals surface area (Å²) in [5, 5.41) is 13.2. The molecule has 3 aliphatic carbocycles. The Morgan fingerprint density at radius 1 is 0.962 bits per heavy atom. The standard InChI is InChI=1S/C38H48O15/c1-11-17(2)30(42)53-34-35(6,7)27(26(31(43)47-10)50-19(4)40)37(9)22-12-14-36(8)24(23(22)29(51-20(5)41)38(34,46)33(37)45)25(49-18(3)39)32(44)52-28(36)21-13-15-48-16-21/h13,15-17,22,25-29,34,46H,11-12,14H2,1-10H3. The van der Waals surface area contributed by atoms with Crippen LogP contribution in [0.5, 0.6) is 0 Å². The van der Waals surface area contributed by atoms with E-state index in [2.05, 4.69) is 0 Å². The molecule has 1 aliphatic heterocycles. The number of methoxy groups -OCH3 is 1. The molecule has 0 amide bonds. The predicted octanol–water partition coefficient (Wildman–Crippen LogP) is 3.49. The molecule has 53 heavy (non-hydrogen) atoms. The molecule has 5 rings (SSSR count). The zero-order valence-corrected chi connectivity index (χ0v) is 31.6. The van der Waals surface area contributed by atoms with Crippen molar-refractivity contribution in [3.05, 3.63) is 35.3 Å². The summed E-state index contributed by atoms with van der Waals surface area (Å²) in [7, 11) is 1.08. The van der Waals surface area contributed by atoms with Gasteiger partial charge < -0.3 is 37.9 Å². The summed E-state index contributed by atoms with van der Waals surface area (Å²) >= 11 is 0. The van der Waals surface area contributed by atoms with Gasteiger partial charge in [0.25, 0.3) is 0 Å². The van der Waals surface area contributed by atoms with Gasteiger partial charge in [-0.1, -0.05) is 41.5 Å². The third-order valence-corrected chi connectivity index (χ3v) is 12.0. The Kier molecular flexibility index (Phi) is 10.3. The van der Waals surface area contributed by atoms with E-state index in [1.807, 2.05) is 0 Å². The normalized spacial score (nSPS) is 35.4. The summed E-state index contributed by atoms with van der Waals surface area (Å²) in [6.45, 7) is 13.0. The Morgan fingerprint density at radius 3 is 2.13 bits per heavy atom. The lowest BCUT2D eigenvalue weighted by Crippen LogP contribution is -2.81. The molecular formula is C38H48O15. The fraction of sp³-hybridized carbons (Fsp3) is 0.658. The Morgan fingerprint density at radius 2 is 1.60 bits per heavy atom. The molecule has 1 N–H and O–H groups in total. The first-order valence-corrected chi connectivity index (χ1v) is 17.7. The van der Waals surface area contributed by atoms with Crippen molar-refractivity contribution in [1.29, 1.82) is 0 Å². The van der Waals surface area contributed by atoms with Crippen LogP contribution in [0.4, 0.5) is 0 Å². The molecule has 15 heteroatoms. The third-order valence-electron chi connectivity index (χ3n) is 12.0. The molecule has 11 unspecified atom stereocenters. The van der Waals surface area contributed by atoms with Gasteiger partial charge in [0.15, 0.2) is 11.9 Å². The zero-order chi connectivity index (χ0) is 39.6. The minimum Gasteiger partial charge on any atom is -0.472 e. The van der Waals surface area contributed by atoms with Crippen LogP contribution in [0.2, 0.25) is 0 Å². The molecule has 0 aromatic carbocycles. The number of ether oxygens (including phenoxy) is 6. The van der Waals surface area contributed by atoms with Crippen LogP contribution in [0.3, 0.4) is 0 Å². The lowest BCUT2D eigenvalue weighted by molar-refractivity contribution is -0.269. The summed E-state index contributed by atoms with van der Waals surface area (Å²) in [5.74, 6) is -9.52. The molecule has 0 spiro atoms. The van der Waals surface area contributed by atoms with E-state index in [1.165, 1.54) is 19.5 Å². The van der Waals surface area contributed by atoms with Crippen LogP contribution in [0.15, 0.2) is 34.2 Å². The van der Waals surface area contributed by atoms with Crippen LogP contribution in [0, 0.1) is 34.0 Å².